The summed E-state index contributed by atoms with van der Waals surface area (Å²) in [6.45, 7) is 0.227. The fourth-order valence-corrected chi connectivity index (χ4v) is 5.14. The number of rotatable bonds is 8. The van der Waals surface area contributed by atoms with Crippen LogP contribution in [0.4, 0.5) is 0 Å². The summed E-state index contributed by atoms with van der Waals surface area (Å²) in [5, 5.41) is 13.5. The number of hydrogen-bond donors (Lipinski definition) is 4. The first-order valence-corrected chi connectivity index (χ1v) is 12.7. The summed E-state index contributed by atoms with van der Waals surface area (Å²) < 4.78 is 0. The summed E-state index contributed by atoms with van der Waals surface area (Å²) >= 11 is 0. The summed E-state index contributed by atoms with van der Waals surface area (Å²) in [5.74, 6) is -1.98. The lowest BCUT2D eigenvalue weighted by Crippen LogP contribution is -2.58. The number of nitrogens with zero attached hydrogens (tertiary/aromatic N) is 1. The average Bonchev–Trinajstić information content (AvgIpc) is 3.34. The number of carbonyl (C=O) groups is 3. The predicted molar refractivity (Wildman–Crippen MR) is 144 cm³/mol. The molecule has 0 spiro atoms. The van der Waals surface area contributed by atoms with Crippen LogP contribution in [0.15, 0.2) is 85.1 Å². The van der Waals surface area contributed by atoms with Crippen LogP contribution in [0.25, 0.3) is 10.9 Å². The Kier molecular flexibility index (Phi) is 7.24. The van der Waals surface area contributed by atoms with Crippen LogP contribution < -0.4 is 11.1 Å². The van der Waals surface area contributed by atoms with Gasteiger partial charge in [-0.3, -0.25) is 9.59 Å². The highest BCUT2D eigenvalue weighted by Crippen LogP contribution is 2.26. The number of carboxylic acid groups (broad SMARTS) is 1. The van der Waals surface area contributed by atoms with Gasteiger partial charge in [-0.25, -0.2) is 4.79 Å². The van der Waals surface area contributed by atoms with E-state index in [9.17, 15) is 19.5 Å². The zero-order valence-corrected chi connectivity index (χ0v) is 20.8. The summed E-state index contributed by atoms with van der Waals surface area (Å²) in [6, 6.07) is 21.7. The minimum atomic E-state index is -1.13. The number of nitrogens with one attached hydrogen (secondary N) is 2. The number of carbonyl (C=O) groups excluding carboxylic acids is 2. The maximum atomic E-state index is 13.7. The molecule has 0 saturated heterocycles. The molecule has 0 aliphatic carbocycles. The van der Waals surface area contributed by atoms with Crippen molar-refractivity contribution in [1.82, 2.24) is 15.2 Å². The van der Waals surface area contributed by atoms with Gasteiger partial charge in [0, 0.05) is 36.5 Å². The van der Waals surface area contributed by atoms with Crippen LogP contribution in [-0.4, -0.2) is 50.9 Å². The van der Waals surface area contributed by atoms with Crippen molar-refractivity contribution in [2.24, 2.45) is 5.73 Å². The number of aliphatic carboxylic acids is 1. The topological polar surface area (TPSA) is 129 Å². The van der Waals surface area contributed by atoms with Crippen molar-refractivity contribution in [3.05, 3.63) is 107 Å². The van der Waals surface area contributed by atoms with Crippen LogP contribution in [0.3, 0.4) is 0 Å². The summed E-state index contributed by atoms with van der Waals surface area (Å²) in [5.41, 5.74) is 11.0. The number of amides is 2. The number of aromatic nitrogens is 1. The second kappa shape index (κ2) is 10.9. The normalized spacial score (nSPS) is 16.4. The maximum absolute atomic E-state index is 13.7. The van der Waals surface area contributed by atoms with Gasteiger partial charge in [-0.1, -0.05) is 72.8 Å². The van der Waals surface area contributed by atoms with E-state index in [2.05, 4.69) is 10.3 Å². The molecule has 0 radical (unpaired) electrons. The molecule has 2 heterocycles. The first kappa shape index (κ1) is 25.2. The van der Waals surface area contributed by atoms with Gasteiger partial charge in [-0.05, 0) is 34.7 Å². The molecule has 8 heteroatoms. The molecule has 0 saturated carbocycles. The van der Waals surface area contributed by atoms with Crippen molar-refractivity contribution in [2.75, 3.05) is 0 Å². The van der Waals surface area contributed by atoms with E-state index >= 15 is 0 Å². The molecule has 3 aromatic carbocycles. The Bertz CT molecular complexity index is 1470. The van der Waals surface area contributed by atoms with E-state index in [0.29, 0.717) is 6.42 Å². The fourth-order valence-electron chi connectivity index (χ4n) is 5.14. The van der Waals surface area contributed by atoms with Gasteiger partial charge < -0.3 is 26.0 Å². The number of nitrogens with two attached hydrogens (primary N) is 1. The van der Waals surface area contributed by atoms with Crippen LogP contribution in [0.5, 0.6) is 0 Å². The Hall–Kier alpha value is -4.43. The van der Waals surface area contributed by atoms with Crippen LogP contribution in [0.1, 0.15) is 22.3 Å². The van der Waals surface area contributed by atoms with Gasteiger partial charge in [0.2, 0.25) is 11.8 Å². The van der Waals surface area contributed by atoms with Crippen molar-refractivity contribution in [3.8, 4) is 0 Å². The molecule has 8 nitrogen and oxygen atoms in total. The van der Waals surface area contributed by atoms with Crippen LogP contribution in [-0.2, 0) is 40.2 Å². The van der Waals surface area contributed by atoms with Crippen molar-refractivity contribution >= 4 is 28.7 Å². The smallest absolute Gasteiger partial charge is 0.326 e. The summed E-state index contributed by atoms with van der Waals surface area (Å²) in [7, 11) is 0. The lowest BCUT2D eigenvalue weighted by molar-refractivity contribution is -0.146. The van der Waals surface area contributed by atoms with Crippen molar-refractivity contribution in [2.45, 2.75) is 43.9 Å². The predicted octanol–water partition coefficient (Wildman–Crippen LogP) is 2.80. The van der Waals surface area contributed by atoms with E-state index in [1.165, 1.54) is 4.90 Å². The molecule has 0 fully saturated rings. The number of carboxylic acids is 1. The molecule has 5 rings (SSSR count). The van der Waals surface area contributed by atoms with Crippen LogP contribution in [0, 0.1) is 0 Å². The molecule has 3 atom stereocenters. The number of aromatic amines is 1. The number of benzene rings is 3. The van der Waals surface area contributed by atoms with Gasteiger partial charge in [0.25, 0.3) is 0 Å². The van der Waals surface area contributed by atoms with E-state index in [4.69, 9.17) is 5.73 Å². The van der Waals surface area contributed by atoms with Crippen molar-refractivity contribution < 1.29 is 19.5 Å². The Morgan fingerprint density at radius 1 is 0.947 bits per heavy atom. The second-order valence-corrected chi connectivity index (χ2v) is 9.71. The monoisotopic (exact) mass is 510 g/mol. The Morgan fingerprint density at radius 3 is 2.39 bits per heavy atom. The van der Waals surface area contributed by atoms with Gasteiger partial charge in [0.15, 0.2) is 0 Å². The highest BCUT2D eigenvalue weighted by molar-refractivity contribution is 5.93. The van der Waals surface area contributed by atoms with E-state index in [0.717, 1.165) is 33.2 Å². The van der Waals surface area contributed by atoms with E-state index in [1.54, 1.807) is 0 Å². The molecule has 2 amide bonds. The zero-order chi connectivity index (χ0) is 26.6. The molecular weight excluding hydrogens is 480 g/mol. The van der Waals surface area contributed by atoms with Crippen LogP contribution >= 0.6 is 0 Å². The number of H-pyrrole nitrogens is 1. The molecule has 0 bridgehead atoms. The third-order valence-corrected chi connectivity index (χ3v) is 7.16. The average molecular weight is 511 g/mol. The summed E-state index contributed by atoms with van der Waals surface area (Å²) in [6.07, 6.45) is 2.58. The van der Waals surface area contributed by atoms with Gasteiger partial charge in [-0.15, -0.1) is 0 Å². The highest BCUT2D eigenvalue weighted by Gasteiger charge is 2.38. The summed E-state index contributed by atoms with van der Waals surface area (Å²) in [4.78, 5) is 43.9. The Labute approximate surface area is 220 Å². The lowest BCUT2D eigenvalue weighted by Gasteiger charge is -2.37. The number of para-hydroxylation sites is 1. The molecule has 5 N–H and O–H groups in total. The highest BCUT2D eigenvalue weighted by atomic mass is 16.4. The molecule has 194 valence electrons. The molecule has 1 aromatic heterocycles. The lowest BCUT2D eigenvalue weighted by atomic mass is 9.92. The minimum absolute atomic E-state index is 0.138. The molecule has 1 aliphatic heterocycles. The second-order valence-electron chi connectivity index (χ2n) is 9.71. The molecule has 1 aliphatic rings. The number of hydrogen-bond acceptors (Lipinski definition) is 4. The molecular formula is C30H30N4O4. The first-order valence-electron chi connectivity index (χ1n) is 12.7. The third-order valence-electron chi connectivity index (χ3n) is 7.16. The van der Waals surface area contributed by atoms with Gasteiger partial charge in [-0.2, -0.15) is 0 Å². The zero-order valence-electron chi connectivity index (χ0n) is 20.8. The van der Waals surface area contributed by atoms with Crippen LogP contribution in [0.2, 0.25) is 0 Å². The standard InChI is InChI=1S/C30H30N4O4/c31-24(15-22-17-32-25-13-7-6-12-23(22)25)29(36)34-18-21-11-5-4-10-20(21)16-27(34)28(35)33-26(30(37)38)14-19-8-2-1-3-9-19/h1-13,17,24,26-27,32H,14-16,18,31H2,(H,33,35)(H,37,38)/t24-,26-,27-/m0/s1. The quantitative estimate of drug-likeness (QED) is 0.290. The van der Waals surface area contributed by atoms with Gasteiger partial charge >= 0.3 is 5.97 Å². The molecule has 4 aromatic rings. The van der Waals surface area contributed by atoms with E-state index in [-0.39, 0.29) is 25.3 Å². The minimum Gasteiger partial charge on any atom is -0.480 e. The van der Waals surface area contributed by atoms with Crippen molar-refractivity contribution in [3.63, 3.8) is 0 Å². The van der Waals surface area contributed by atoms with Gasteiger partial charge in [0.1, 0.15) is 12.1 Å². The van der Waals surface area contributed by atoms with Gasteiger partial charge in [0.05, 0.1) is 6.04 Å². The largest absolute Gasteiger partial charge is 0.480 e. The Morgan fingerprint density at radius 2 is 1.63 bits per heavy atom. The first-order chi connectivity index (χ1) is 18.4. The number of fused-ring (bicyclic) bond motifs is 2. The van der Waals surface area contributed by atoms with Crippen molar-refractivity contribution in [1.29, 1.82) is 0 Å². The Balaban J connectivity index is 1.37. The third kappa shape index (κ3) is 5.31. The molecule has 38 heavy (non-hydrogen) atoms. The fraction of sp³-hybridized carbons (Fsp3) is 0.233. The molecule has 0 unspecified atom stereocenters. The maximum Gasteiger partial charge on any atom is 0.326 e. The SMILES string of the molecule is N[C@@H](Cc1c[nH]c2ccccc12)C(=O)N1Cc2ccccc2C[C@H]1C(=O)N[C@@H](Cc1ccccc1)C(=O)O. The van der Waals surface area contributed by atoms with E-state index < -0.39 is 30.0 Å². The van der Waals surface area contributed by atoms with E-state index in [1.807, 2.05) is 85.1 Å².